The van der Waals surface area contributed by atoms with E-state index in [0.717, 1.165) is 44.6 Å². The van der Waals surface area contributed by atoms with Crippen LogP contribution >= 0.6 is 0 Å². The number of anilines is 4. The predicted octanol–water partition coefficient (Wildman–Crippen LogP) is 15.1. The molecule has 0 spiro atoms. The van der Waals surface area contributed by atoms with Gasteiger partial charge in [-0.1, -0.05) is 129 Å². The van der Waals surface area contributed by atoms with Gasteiger partial charge in [0.2, 0.25) is 0 Å². The fourth-order valence-corrected chi connectivity index (χ4v) is 7.99. The van der Waals surface area contributed by atoms with Gasteiger partial charge in [0.1, 0.15) is 24.0 Å². The number of rotatable bonds is 6. The fraction of sp³-hybridized carbons (Fsp3) is 0.255. The molecule has 0 radical (unpaired) electrons. The van der Waals surface area contributed by atoms with E-state index in [1.807, 2.05) is 79.9 Å². The third kappa shape index (κ3) is 7.21. The minimum atomic E-state index is -2.68. The van der Waals surface area contributed by atoms with Crippen LogP contribution < -0.4 is 14.5 Å². The zero-order valence-electron chi connectivity index (χ0n) is 43.0. The second-order valence-corrected chi connectivity index (χ2v) is 19.0. The summed E-state index contributed by atoms with van der Waals surface area (Å²) in [5.74, 6) is 1.53. The van der Waals surface area contributed by atoms with Crippen LogP contribution in [0.4, 0.5) is 22.7 Å². The molecule has 0 fully saturated rings. The molecule has 0 unspecified atom stereocenters. The lowest BCUT2D eigenvalue weighted by Crippen LogP contribution is -2.25. The number of ether oxygens (including phenoxy) is 1. The molecular weight excluding hydrogens is 733 g/mol. The molecule has 1 aliphatic heterocycles. The maximum Gasteiger partial charge on any atom is 0.137 e. The molecule has 0 saturated heterocycles. The lowest BCUT2D eigenvalue weighted by atomic mass is 9.80. The first-order valence-corrected chi connectivity index (χ1v) is 20.6. The summed E-state index contributed by atoms with van der Waals surface area (Å²) in [6.07, 6.45) is 1.37. The molecule has 2 aromatic heterocycles. The number of benzene rings is 6. The Labute approximate surface area is 365 Å². The first-order chi connectivity index (χ1) is 31.4. The van der Waals surface area contributed by atoms with Crippen molar-refractivity contribution in [1.82, 2.24) is 9.55 Å². The van der Waals surface area contributed by atoms with E-state index in [0.29, 0.717) is 24.0 Å². The molecule has 5 heteroatoms. The molecule has 6 aromatic carbocycles. The van der Waals surface area contributed by atoms with Crippen molar-refractivity contribution in [3.63, 3.8) is 0 Å². The monoisotopic (exact) mass is 795 g/mol. The van der Waals surface area contributed by atoms with E-state index in [4.69, 9.17) is 19.3 Å². The zero-order valence-corrected chi connectivity index (χ0v) is 36.0. The molecule has 5 nitrogen and oxygen atoms in total. The summed E-state index contributed by atoms with van der Waals surface area (Å²) < 4.78 is 70.2. The summed E-state index contributed by atoms with van der Waals surface area (Å²) in [5.41, 5.74) is 7.82. The van der Waals surface area contributed by atoms with Gasteiger partial charge in [-0.2, -0.15) is 0 Å². The highest BCUT2D eigenvalue weighted by atomic mass is 16.5. The van der Waals surface area contributed by atoms with Gasteiger partial charge in [0, 0.05) is 50.2 Å². The molecule has 302 valence electrons. The minimum Gasteiger partial charge on any atom is -0.457 e. The Balaban J connectivity index is 1.10. The van der Waals surface area contributed by atoms with Crippen LogP contribution in [0.2, 0.25) is 0 Å². The van der Waals surface area contributed by atoms with Crippen molar-refractivity contribution in [2.24, 2.45) is 0 Å². The van der Waals surface area contributed by atoms with Crippen molar-refractivity contribution >= 4 is 44.6 Å². The van der Waals surface area contributed by atoms with Gasteiger partial charge in [-0.25, -0.2) is 4.98 Å². The van der Waals surface area contributed by atoms with Crippen LogP contribution in [0.1, 0.15) is 94.2 Å². The maximum atomic E-state index is 8.98. The molecule has 0 N–H and O–H groups in total. The normalized spacial score (nSPS) is 15.2. The average molecular weight is 796 g/mol. The molecule has 0 amide bonds. The van der Waals surface area contributed by atoms with Crippen molar-refractivity contribution in [2.45, 2.75) is 85.4 Å². The van der Waals surface area contributed by atoms with E-state index < -0.39 is 12.3 Å². The number of fused-ring (bicyclic) bond motifs is 4. The van der Waals surface area contributed by atoms with E-state index in [1.165, 1.54) is 23.4 Å². The number of nitrogens with zero attached hydrogens (tertiary/aromatic N) is 4. The van der Waals surface area contributed by atoms with Crippen LogP contribution in [0, 0.1) is 6.85 Å². The Morgan fingerprint density at radius 2 is 1.18 bits per heavy atom. The highest BCUT2D eigenvalue weighted by Crippen LogP contribution is 2.46. The van der Waals surface area contributed by atoms with Crippen molar-refractivity contribution in [2.75, 3.05) is 16.5 Å². The van der Waals surface area contributed by atoms with Crippen LogP contribution in [0.15, 0.2) is 146 Å². The number of hydrogen-bond donors (Lipinski definition) is 0. The van der Waals surface area contributed by atoms with E-state index in [-0.39, 0.29) is 57.3 Å². The molecule has 0 aliphatic carbocycles. The number of pyridine rings is 1. The van der Waals surface area contributed by atoms with E-state index >= 15 is 0 Å². The molecule has 0 atom stereocenters. The van der Waals surface area contributed by atoms with Crippen LogP contribution in [0.25, 0.3) is 38.8 Å². The van der Waals surface area contributed by atoms with Crippen LogP contribution in [-0.4, -0.2) is 16.2 Å². The van der Waals surface area contributed by atoms with Crippen molar-refractivity contribution in [3.05, 3.63) is 168 Å². The molecule has 9 rings (SSSR count). The number of para-hydroxylation sites is 3. The van der Waals surface area contributed by atoms with Gasteiger partial charge in [-0.05, 0) is 112 Å². The summed E-state index contributed by atoms with van der Waals surface area (Å²) in [6, 6.07) is 37.8. The lowest BCUT2D eigenvalue weighted by Gasteiger charge is -2.29. The Hall–Kier alpha value is -6.33. The highest BCUT2D eigenvalue weighted by Gasteiger charge is 2.30. The summed E-state index contributed by atoms with van der Waals surface area (Å²) in [7, 11) is 0. The topological polar surface area (TPSA) is 33.5 Å². The van der Waals surface area contributed by atoms with Crippen LogP contribution in [0.3, 0.4) is 0 Å². The number of aryl methyl sites for hydroxylation is 1. The number of aromatic nitrogens is 2. The summed E-state index contributed by atoms with van der Waals surface area (Å²) >= 11 is 0. The van der Waals surface area contributed by atoms with Gasteiger partial charge >= 0.3 is 0 Å². The second-order valence-electron chi connectivity index (χ2n) is 19.0. The molecule has 3 heterocycles. The maximum absolute atomic E-state index is 8.98. The Morgan fingerprint density at radius 3 is 1.85 bits per heavy atom. The van der Waals surface area contributed by atoms with Gasteiger partial charge in [0.15, 0.2) is 0 Å². The lowest BCUT2D eigenvalue weighted by molar-refractivity contribution is 0.483. The van der Waals surface area contributed by atoms with E-state index in [1.54, 1.807) is 0 Å². The van der Waals surface area contributed by atoms with Gasteiger partial charge in [-0.15, -0.1) is 0 Å². The van der Waals surface area contributed by atoms with Gasteiger partial charge < -0.3 is 14.5 Å². The SMILES string of the molecule is [2H]c1c([2H])c(C(C)(C)C)c([2H])c([2H])c1-c1cnc(-n2c3ccccc3c3ccc(Oc4cccc(N5CN(c6cc(C(C)(C)C)cc(C(C)(C)C)c6)c6ccccc65)c4)cc32)cc1C([2H])([2H])[2H]. The smallest absolute Gasteiger partial charge is 0.137 e. The molecule has 0 saturated carbocycles. The summed E-state index contributed by atoms with van der Waals surface area (Å²) in [4.78, 5) is 9.50. The zero-order chi connectivity index (χ0) is 48.1. The van der Waals surface area contributed by atoms with Gasteiger partial charge in [0.05, 0.1) is 27.9 Å². The molecule has 8 aromatic rings. The third-order valence-electron chi connectivity index (χ3n) is 11.5. The molecule has 1 aliphatic rings. The molecular formula is C55H56N4O. The van der Waals surface area contributed by atoms with Gasteiger partial charge in [0.25, 0.3) is 0 Å². The van der Waals surface area contributed by atoms with Gasteiger partial charge in [-0.3, -0.25) is 4.57 Å². The van der Waals surface area contributed by atoms with E-state index in [9.17, 15) is 0 Å². The second kappa shape index (κ2) is 14.4. The first-order valence-electron chi connectivity index (χ1n) is 24.1. The van der Waals surface area contributed by atoms with Crippen molar-refractivity contribution in [1.29, 1.82) is 0 Å². The van der Waals surface area contributed by atoms with E-state index in [2.05, 4.69) is 106 Å². The largest absolute Gasteiger partial charge is 0.457 e. The summed E-state index contributed by atoms with van der Waals surface area (Å²) in [5, 5.41) is 1.85. The predicted molar refractivity (Wildman–Crippen MR) is 253 cm³/mol. The molecule has 60 heavy (non-hydrogen) atoms. The summed E-state index contributed by atoms with van der Waals surface area (Å²) in [6.45, 7) is 17.0. The highest BCUT2D eigenvalue weighted by molar-refractivity contribution is 6.09. The standard InChI is InChI=1S/C55H56N4O/c1-36-28-52(56-34-47(36)37-22-24-38(25-23-37)53(2,3)4)59-48-19-12-11-18-45(48)46-27-26-44(33-51(46)59)60-43-17-15-16-41(32-43)57-35-58(50-21-14-13-20-49(50)57)42-30-39(54(5,6)7)29-40(31-42)55(8,9)10/h11-34H,35H2,1-10H3/i1D3,22D,23D,24D,25D. The van der Waals surface area contributed by atoms with Crippen LogP contribution in [-0.2, 0) is 16.2 Å². The first kappa shape index (κ1) is 31.6. The minimum absolute atomic E-state index is 0.0276. The Morgan fingerprint density at radius 1 is 0.567 bits per heavy atom. The Kier molecular flexibility index (Phi) is 7.60. The molecule has 0 bridgehead atoms. The average Bonchev–Trinajstić information content (AvgIpc) is 3.81. The van der Waals surface area contributed by atoms with Crippen LogP contribution in [0.5, 0.6) is 11.5 Å². The fourth-order valence-electron chi connectivity index (χ4n) is 7.99. The Bertz CT molecular complexity index is 3200. The quantitative estimate of drug-likeness (QED) is 0.168. The third-order valence-corrected chi connectivity index (χ3v) is 11.5. The van der Waals surface area contributed by atoms with Crippen molar-refractivity contribution < 1.29 is 14.3 Å². The number of hydrogen-bond acceptors (Lipinski definition) is 4. The van der Waals surface area contributed by atoms with Crippen molar-refractivity contribution in [3.8, 4) is 28.4 Å².